The first-order valence-corrected chi connectivity index (χ1v) is 6.73. The van der Waals surface area contributed by atoms with Gasteiger partial charge in [0.2, 0.25) is 5.91 Å². The lowest BCUT2D eigenvalue weighted by molar-refractivity contribution is -0.122. The second-order valence-electron chi connectivity index (χ2n) is 4.97. The van der Waals surface area contributed by atoms with Crippen LogP contribution in [0.25, 0.3) is 10.9 Å². The maximum atomic E-state index is 12.0. The molecule has 2 aromatic rings. The van der Waals surface area contributed by atoms with E-state index in [2.05, 4.69) is 15.7 Å². The summed E-state index contributed by atoms with van der Waals surface area (Å²) in [5.74, 6) is 0.0301. The van der Waals surface area contributed by atoms with Crippen LogP contribution in [0.3, 0.4) is 0 Å². The molecule has 19 heavy (non-hydrogen) atoms. The summed E-state index contributed by atoms with van der Waals surface area (Å²) in [5.41, 5.74) is 0.999. The summed E-state index contributed by atoms with van der Waals surface area (Å²) in [5, 5.41) is 11.7. The van der Waals surface area contributed by atoms with Gasteiger partial charge in [-0.25, -0.2) is 0 Å². The summed E-state index contributed by atoms with van der Waals surface area (Å²) in [6.07, 6.45) is 3.97. The third-order valence-corrected chi connectivity index (χ3v) is 3.51. The zero-order chi connectivity index (χ0) is 13.1. The molecular formula is C14H18N4O. The predicted molar refractivity (Wildman–Crippen MR) is 73.8 cm³/mol. The van der Waals surface area contributed by atoms with E-state index in [4.69, 9.17) is 0 Å². The van der Waals surface area contributed by atoms with Crippen molar-refractivity contribution >= 4 is 16.8 Å². The van der Waals surface area contributed by atoms with Gasteiger partial charge in [0.1, 0.15) is 6.54 Å². The number of para-hydroxylation sites is 1. The van der Waals surface area contributed by atoms with Gasteiger partial charge in [-0.1, -0.05) is 18.2 Å². The lowest BCUT2D eigenvalue weighted by Gasteiger charge is -2.23. The van der Waals surface area contributed by atoms with Crippen LogP contribution < -0.4 is 10.6 Å². The van der Waals surface area contributed by atoms with Gasteiger partial charge in [-0.05, 0) is 25.5 Å². The minimum absolute atomic E-state index is 0.0301. The Labute approximate surface area is 112 Å². The predicted octanol–water partition coefficient (Wildman–Crippen LogP) is 0.904. The minimum Gasteiger partial charge on any atom is -0.350 e. The molecule has 1 amide bonds. The van der Waals surface area contributed by atoms with E-state index in [9.17, 15) is 4.79 Å². The van der Waals surface area contributed by atoms with E-state index in [0.717, 1.165) is 36.8 Å². The van der Waals surface area contributed by atoms with E-state index < -0.39 is 0 Å². The molecule has 1 atom stereocenters. The highest BCUT2D eigenvalue weighted by Gasteiger charge is 2.16. The molecule has 1 saturated heterocycles. The topological polar surface area (TPSA) is 59.0 Å². The number of piperidine rings is 1. The number of aromatic nitrogens is 2. The molecule has 3 rings (SSSR count). The van der Waals surface area contributed by atoms with Crippen molar-refractivity contribution in [2.75, 3.05) is 13.1 Å². The third-order valence-electron chi connectivity index (χ3n) is 3.51. The van der Waals surface area contributed by atoms with Crippen molar-refractivity contribution in [1.82, 2.24) is 20.4 Å². The van der Waals surface area contributed by atoms with Crippen molar-refractivity contribution in [2.24, 2.45) is 0 Å². The minimum atomic E-state index is 0.0301. The van der Waals surface area contributed by atoms with Gasteiger partial charge in [0.25, 0.3) is 0 Å². The van der Waals surface area contributed by atoms with E-state index in [1.165, 1.54) is 0 Å². The molecule has 1 aromatic carbocycles. The Bertz CT molecular complexity index is 572. The molecule has 1 aliphatic heterocycles. The van der Waals surface area contributed by atoms with E-state index in [-0.39, 0.29) is 18.5 Å². The van der Waals surface area contributed by atoms with Crippen molar-refractivity contribution in [3.63, 3.8) is 0 Å². The number of hydrogen-bond acceptors (Lipinski definition) is 3. The number of carbonyl (C=O) groups excluding carboxylic acids is 1. The molecule has 0 unspecified atom stereocenters. The number of fused-ring (bicyclic) bond motifs is 1. The fourth-order valence-electron chi connectivity index (χ4n) is 2.54. The van der Waals surface area contributed by atoms with Crippen LogP contribution in [-0.4, -0.2) is 34.8 Å². The normalized spacial score (nSPS) is 19.5. The summed E-state index contributed by atoms with van der Waals surface area (Å²) in [7, 11) is 0. The van der Waals surface area contributed by atoms with Gasteiger partial charge in [-0.15, -0.1) is 0 Å². The van der Waals surface area contributed by atoms with Crippen molar-refractivity contribution in [3.8, 4) is 0 Å². The summed E-state index contributed by atoms with van der Waals surface area (Å²) >= 11 is 0. The van der Waals surface area contributed by atoms with E-state index in [1.807, 2.05) is 24.3 Å². The Morgan fingerprint density at radius 3 is 3.21 bits per heavy atom. The fourth-order valence-corrected chi connectivity index (χ4v) is 2.54. The van der Waals surface area contributed by atoms with Crippen molar-refractivity contribution in [1.29, 1.82) is 0 Å². The number of nitrogens with zero attached hydrogens (tertiary/aromatic N) is 2. The summed E-state index contributed by atoms with van der Waals surface area (Å²) in [6, 6.07) is 8.17. The second-order valence-corrected chi connectivity index (χ2v) is 4.97. The number of amides is 1. The fraction of sp³-hybridized carbons (Fsp3) is 0.429. The Balaban J connectivity index is 1.65. The number of rotatable bonds is 3. The standard InChI is InChI=1S/C14H18N4O/c19-14(17-12-5-3-7-15-9-12)10-18-13-6-2-1-4-11(13)8-16-18/h1-2,4,6,8,12,15H,3,5,7,9-10H2,(H,17,19)/t12-/m0/s1. The average molecular weight is 258 g/mol. The molecule has 0 bridgehead atoms. The van der Waals surface area contributed by atoms with Gasteiger partial charge < -0.3 is 10.6 Å². The molecule has 0 saturated carbocycles. The SMILES string of the molecule is O=C(Cn1ncc2ccccc21)N[C@H]1CCCNC1. The Kier molecular flexibility index (Phi) is 3.46. The Hall–Kier alpha value is -1.88. The summed E-state index contributed by atoms with van der Waals surface area (Å²) in [4.78, 5) is 12.0. The van der Waals surface area contributed by atoms with E-state index >= 15 is 0 Å². The van der Waals surface area contributed by atoms with Gasteiger partial charge in [0.05, 0.1) is 11.7 Å². The summed E-state index contributed by atoms with van der Waals surface area (Å²) < 4.78 is 1.75. The third kappa shape index (κ3) is 2.76. The van der Waals surface area contributed by atoms with Crippen LogP contribution in [0.5, 0.6) is 0 Å². The molecule has 1 aromatic heterocycles. The first-order valence-electron chi connectivity index (χ1n) is 6.73. The smallest absolute Gasteiger partial charge is 0.242 e. The maximum absolute atomic E-state index is 12.0. The molecule has 1 fully saturated rings. The first-order chi connectivity index (χ1) is 9.33. The monoisotopic (exact) mass is 258 g/mol. The maximum Gasteiger partial charge on any atom is 0.242 e. The highest BCUT2D eigenvalue weighted by molar-refractivity contribution is 5.82. The molecule has 100 valence electrons. The molecule has 1 aliphatic rings. The van der Waals surface area contributed by atoms with E-state index in [1.54, 1.807) is 10.9 Å². The van der Waals surface area contributed by atoms with E-state index in [0.29, 0.717) is 0 Å². The zero-order valence-electron chi connectivity index (χ0n) is 10.8. The molecule has 0 radical (unpaired) electrons. The Morgan fingerprint density at radius 2 is 2.37 bits per heavy atom. The highest BCUT2D eigenvalue weighted by Crippen LogP contribution is 2.12. The van der Waals surface area contributed by atoms with Gasteiger partial charge in [0, 0.05) is 18.0 Å². The van der Waals surface area contributed by atoms with Crippen molar-refractivity contribution in [3.05, 3.63) is 30.5 Å². The molecule has 5 nitrogen and oxygen atoms in total. The van der Waals surface area contributed by atoms with Crippen LogP contribution in [0.15, 0.2) is 30.5 Å². The number of nitrogens with one attached hydrogen (secondary N) is 2. The van der Waals surface area contributed by atoms with Crippen LogP contribution in [0.4, 0.5) is 0 Å². The number of benzene rings is 1. The second kappa shape index (κ2) is 5.40. The molecule has 0 spiro atoms. The van der Waals surface area contributed by atoms with Crippen molar-refractivity contribution < 1.29 is 4.79 Å². The average Bonchev–Trinajstić information content (AvgIpc) is 2.83. The molecule has 0 aliphatic carbocycles. The van der Waals surface area contributed by atoms with Crippen LogP contribution in [0.1, 0.15) is 12.8 Å². The number of carbonyl (C=O) groups is 1. The van der Waals surface area contributed by atoms with Gasteiger partial charge in [-0.3, -0.25) is 9.48 Å². The van der Waals surface area contributed by atoms with Crippen LogP contribution in [0, 0.1) is 0 Å². The van der Waals surface area contributed by atoms with Crippen LogP contribution >= 0.6 is 0 Å². The lowest BCUT2D eigenvalue weighted by atomic mass is 10.1. The molecular weight excluding hydrogens is 240 g/mol. The first kappa shape index (κ1) is 12.2. The quantitative estimate of drug-likeness (QED) is 0.860. The van der Waals surface area contributed by atoms with Crippen LogP contribution in [0.2, 0.25) is 0 Å². The molecule has 2 heterocycles. The van der Waals surface area contributed by atoms with Crippen molar-refractivity contribution in [2.45, 2.75) is 25.4 Å². The lowest BCUT2D eigenvalue weighted by Crippen LogP contribution is -2.46. The van der Waals surface area contributed by atoms with Gasteiger partial charge in [0.15, 0.2) is 0 Å². The largest absolute Gasteiger partial charge is 0.350 e. The van der Waals surface area contributed by atoms with Crippen LogP contribution in [-0.2, 0) is 11.3 Å². The van der Waals surface area contributed by atoms with Gasteiger partial charge in [-0.2, -0.15) is 5.10 Å². The Morgan fingerprint density at radius 1 is 1.47 bits per heavy atom. The molecule has 2 N–H and O–H groups in total. The number of hydrogen-bond donors (Lipinski definition) is 2. The summed E-state index contributed by atoms with van der Waals surface area (Å²) in [6.45, 7) is 2.20. The highest BCUT2D eigenvalue weighted by atomic mass is 16.2. The van der Waals surface area contributed by atoms with Gasteiger partial charge >= 0.3 is 0 Å². The zero-order valence-corrected chi connectivity index (χ0v) is 10.8. The molecule has 5 heteroatoms.